The second kappa shape index (κ2) is 9.68. The van der Waals surface area contributed by atoms with Crippen LogP contribution in [0.25, 0.3) is 11.1 Å². The number of aliphatic hydroxyl groups excluding tert-OH is 5. The Kier molecular flexibility index (Phi) is 7.58. The molecule has 0 spiro atoms. The first-order valence-corrected chi connectivity index (χ1v) is 8.92. The molecule has 27 heavy (non-hydrogen) atoms. The van der Waals surface area contributed by atoms with Crippen molar-refractivity contribution in [1.29, 1.82) is 0 Å². The monoisotopic (exact) mass is 376 g/mol. The fourth-order valence-corrected chi connectivity index (χ4v) is 2.92. The van der Waals surface area contributed by atoms with Crippen molar-refractivity contribution in [3.63, 3.8) is 0 Å². The van der Waals surface area contributed by atoms with Crippen LogP contribution in [0.4, 0.5) is 11.4 Å². The van der Waals surface area contributed by atoms with E-state index in [0.29, 0.717) is 12.2 Å². The Bertz CT molecular complexity index is 713. The average molecular weight is 376 g/mol. The minimum absolute atomic E-state index is 0.0328. The summed E-state index contributed by atoms with van der Waals surface area (Å²) in [6.45, 7) is 1.77. The lowest BCUT2D eigenvalue weighted by molar-refractivity contribution is -0.112. The second-order valence-electron chi connectivity index (χ2n) is 6.47. The van der Waals surface area contributed by atoms with E-state index in [0.717, 1.165) is 16.8 Å². The van der Waals surface area contributed by atoms with Gasteiger partial charge in [-0.3, -0.25) is 0 Å². The number of benzene rings is 2. The molecule has 0 amide bonds. The molecule has 2 aromatic carbocycles. The van der Waals surface area contributed by atoms with Gasteiger partial charge in [-0.05, 0) is 30.7 Å². The minimum atomic E-state index is -1.64. The van der Waals surface area contributed by atoms with E-state index < -0.39 is 31.0 Å². The van der Waals surface area contributed by atoms with E-state index in [9.17, 15) is 20.4 Å². The van der Waals surface area contributed by atoms with Gasteiger partial charge in [-0.25, -0.2) is 0 Å². The largest absolute Gasteiger partial charge is 0.398 e. The SMILES string of the molecule is CCN(CC(O)C(O)C(O)C(O)CO)c1ccc(N)c(-c2ccccc2)c1. The van der Waals surface area contributed by atoms with E-state index in [2.05, 4.69) is 0 Å². The van der Waals surface area contributed by atoms with E-state index in [1.807, 2.05) is 54.3 Å². The lowest BCUT2D eigenvalue weighted by atomic mass is 10.0. The third kappa shape index (κ3) is 5.18. The molecule has 0 bridgehead atoms. The summed E-state index contributed by atoms with van der Waals surface area (Å²) >= 11 is 0. The summed E-state index contributed by atoms with van der Waals surface area (Å²) in [6.07, 6.45) is -6.08. The maximum Gasteiger partial charge on any atom is 0.111 e. The van der Waals surface area contributed by atoms with Gasteiger partial charge < -0.3 is 36.2 Å². The number of nitrogen functional groups attached to an aromatic ring is 1. The average Bonchev–Trinajstić information content (AvgIpc) is 2.71. The van der Waals surface area contributed by atoms with Gasteiger partial charge in [0.1, 0.15) is 18.3 Å². The van der Waals surface area contributed by atoms with Crippen LogP contribution in [0.3, 0.4) is 0 Å². The summed E-state index contributed by atoms with van der Waals surface area (Å²) in [5.41, 5.74) is 9.36. The van der Waals surface area contributed by atoms with Crippen molar-refractivity contribution in [3.05, 3.63) is 48.5 Å². The summed E-state index contributed by atoms with van der Waals surface area (Å²) in [7, 11) is 0. The van der Waals surface area contributed by atoms with Crippen LogP contribution < -0.4 is 10.6 Å². The fourth-order valence-electron chi connectivity index (χ4n) is 2.92. The highest BCUT2D eigenvalue weighted by Crippen LogP contribution is 2.30. The van der Waals surface area contributed by atoms with E-state index in [-0.39, 0.29) is 6.54 Å². The third-order valence-electron chi connectivity index (χ3n) is 4.60. The first-order chi connectivity index (χ1) is 12.9. The van der Waals surface area contributed by atoms with Crippen LogP contribution in [0, 0.1) is 0 Å². The Morgan fingerprint density at radius 2 is 1.56 bits per heavy atom. The number of anilines is 2. The summed E-state index contributed by atoms with van der Waals surface area (Å²) in [5, 5.41) is 48.4. The number of hydrogen-bond acceptors (Lipinski definition) is 7. The van der Waals surface area contributed by atoms with Crippen molar-refractivity contribution >= 4 is 11.4 Å². The standard InChI is InChI=1S/C20H28N2O5/c1-2-22(11-17(24)19(26)20(27)18(25)12-23)14-8-9-16(21)15(10-14)13-6-4-3-5-7-13/h3-10,17-20,23-27H,2,11-12,21H2,1H3. The van der Waals surface area contributed by atoms with Crippen molar-refractivity contribution in [2.75, 3.05) is 30.3 Å². The topological polar surface area (TPSA) is 130 Å². The summed E-state index contributed by atoms with van der Waals surface area (Å²) < 4.78 is 0. The van der Waals surface area contributed by atoms with Crippen LogP contribution in [0.5, 0.6) is 0 Å². The van der Waals surface area contributed by atoms with E-state index in [1.165, 1.54) is 0 Å². The van der Waals surface area contributed by atoms with Gasteiger partial charge in [0.25, 0.3) is 0 Å². The van der Waals surface area contributed by atoms with Crippen LogP contribution >= 0.6 is 0 Å². The van der Waals surface area contributed by atoms with Gasteiger partial charge in [0.2, 0.25) is 0 Å². The van der Waals surface area contributed by atoms with Crippen LogP contribution in [0.1, 0.15) is 6.92 Å². The van der Waals surface area contributed by atoms with Gasteiger partial charge in [-0.15, -0.1) is 0 Å². The third-order valence-corrected chi connectivity index (χ3v) is 4.60. The van der Waals surface area contributed by atoms with Crippen LogP contribution in [-0.4, -0.2) is 69.6 Å². The zero-order valence-corrected chi connectivity index (χ0v) is 15.3. The van der Waals surface area contributed by atoms with Crippen molar-refractivity contribution in [3.8, 4) is 11.1 Å². The molecule has 0 saturated carbocycles. The molecule has 148 valence electrons. The number of hydrogen-bond donors (Lipinski definition) is 6. The highest BCUT2D eigenvalue weighted by Gasteiger charge is 2.31. The Hall–Kier alpha value is -2.16. The smallest absolute Gasteiger partial charge is 0.111 e. The molecule has 0 aliphatic rings. The number of aliphatic hydroxyl groups is 5. The normalized spacial score (nSPS) is 15.8. The number of nitrogens with zero attached hydrogens (tertiary/aromatic N) is 1. The molecule has 2 rings (SSSR count). The first-order valence-electron chi connectivity index (χ1n) is 8.92. The molecule has 7 nitrogen and oxygen atoms in total. The molecule has 0 aliphatic heterocycles. The number of likely N-dealkylation sites (N-methyl/N-ethyl adjacent to an activating group) is 1. The molecule has 2 aromatic rings. The first kappa shape index (κ1) is 21.1. The Morgan fingerprint density at radius 3 is 2.15 bits per heavy atom. The van der Waals surface area contributed by atoms with Crippen molar-refractivity contribution in [2.24, 2.45) is 0 Å². The van der Waals surface area contributed by atoms with Gasteiger partial charge in [0.15, 0.2) is 0 Å². The van der Waals surface area contributed by atoms with Crippen LogP contribution in [0.2, 0.25) is 0 Å². The molecular weight excluding hydrogens is 348 g/mol. The van der Waals surface area contributed by atoms with Gasteiger partial charge in [-0.1, -0.05) is 30.3 Å². The molecule has 0 saturated heterocycles. The van der Waals surface area contributed by atoms with Gasteiger partial charge in [-0.2, -0.15) is 0 Å². The summed E-state index contributed by atoms with van der Waals surface area (Å²) in [6, 6.07) is 15.2. The second-order valence-corrected chi connectivity index (χ2v) is 6.47. The molecular formula is C20H28N2O5. The summed E-state index contributed by atoms with van der Waals surface area (Å²) in [5.74, 6) is 0. The molecule has 4 atom stereocenters. The van der Waals surface area contributed by atoms with Gasteiger partial charge in [0, 0.05) is 30.0 Å². The molecule has 4 unspecified atom stereocenters. The van der Waals surface area contributed by atoms with Gasteiger partial charge in [0.05, 0.1) is 12.7 Å². The van der Waals surface area contributed by atoms with E-state index in [4.69, 9.17) is 10.8 Å². The van der Waals surface area contributed by atoms with Gasteiger partial charge >= 0.3 is 0 Å². The lowest BCUT2D eigenvalue weighted by Gasteiger charge is -2.31. The predicted octanol–water partition coefficient (Wildman–Crippen LogP) is 0.198. The number of nitrogens with two attached hydrogens (primary N) is 1. The molecule has 0 aromatic heterocycles. The van der Waals surface area contributed by atoms with E-state index in [1.54, 1.807) is 6.07 Å². The number of rotatable bonds is 9. The zero-order valence-electron chi connectivity index (χ0n) is 15.3. The highest BCUT2D eigenvalue weighted by atomic mass is 16.4. The Morgan fingerprint density at radius 1 is 0.926 bits per heavy atom. The molecule has 7 heteroatoms. The lowest BCUT2D eigenvalue weighted by Crippen LogP contribution is -2.49. The molecule has 0 aliphatic carbocycles. The van der Waals surface area contributed by atoms with Crippen LogP contribution in [0.15, 0.2) is 48.5 Å². The Labute approximate surface area is 158 Å². The predicted molar refractivity (Wildman–Crippen MR) is 105 cm³/mol. The molecule has 0 radical (unpaired) electrons. The Balaban J connectivity index is 2.20. The van der Waals surface area contributed by atoms with Crippen molar-refractivity contribution in [1.82, 2.24) is 0 Å². The quantitative estimate of drug-likeness (QED) is 0.345. The van der Waals surface area contributed by atoms with Crippen LogP contribution in [-0.2, 0) is 0 Å². The highest BCUT2D eigenvalue weighted by molar-refractivity contribution is 5.79. The summed E-state index contributed by atoms with van der Waals surface area (Å²) in [4.78, 5) is 1.83. The van der Waals surface area contributed by atoms with Crippen molar-refractivity contribution < 1.29 is 25.5 Å². The van der Waals surface area contributed by atoms with E-state index >= 15 is 0 Å². The van der Waals surface area contributed by atoms with Crippen molar-refractivity contribution in [2.45, 2.75) is 31.3 Å². The maximum absolute atomic E-state index is 10.3. The molecule has 0 heterocycles. The molecule has 7 N–H and O–H groups in total. The maximum atomic E-state index is 10.3. The zero-order chi connectivity index (χ0) is 20.0. The minimum Gasteiger partial charge on any atom is -0.398 e. The molecule has 0 fully saturated rings. The fraction of sp³-hybridized carbons (Fsp3) is 0.400.